The molecule has 0 fully saturated rings. The fourth-order valence-corrected chi connectivity index (χ4v) is 3.77. The maximum absolute atomic E-state index is 14.8. The van der Waals surface area contributed by atoms with Crippen molar-refractivity contribution in [3.63, 3.8) is 0 Å². The summed E-state index contributed by atoms with van der Waals surface area (Å²) in [5.41, 5.74) is -4.72. The number of nitriles is 1. The predicted octanol–water partition coefficient (Wildman–Crippen LogP) is 8.30. The molecule has 0 aromatic heterocycles. The van der Waals surface area contributed by atoms with E-state index >= 15 is 0 Å². The Morgan fingerprint density at radius 3 is 1.68 bits per heavy atom. The van der Waals surface area contributed by atoms with Gasteiger partial charge in [-0.2, -0.15) is 14.0 Å². The van der Waals surface area contributed by atoms with E-state index in [9.17, 15) is 39.5 Å². The van der Waals surface area contributed by atoms with Gasteiger partial charge >= 0.3 is 6.11 Å². The van der Waals surface area contributed by atoms with Crippen molar-refractivity contribution in [1.29, 1.82) is 5.26 Å². The van der Waals surface area contributed by atoms with Crippen molar-refractivity contribution in [1.82, 2.24) is 0 Å². The van der Waals surface area contributed by atoms with Crippen LogP contribution < -0.4 is 4.74 Å². The minimum atomic E-state index is -4.84. The Hall–Kier alpha value is -4.46. The molecule has 4 aromatic rings. The van der Waals surface area contributed by atoms with E-state index in [1.807, 2.05) is 0 Å². The summed E-state index contributed by atoms with van der Waals surface area (Å²) in [6.07, 6.45) is -4.84. The summed E-state index contributed by atoms with van der Waals surface area (Å²) in [6.45, 7) is 1.60. The van der Waals surface area contributed by atoms with Crippen molar-refractivity contribution in [2.75, 3.05) is 0 Å². The third kappa shape index (κ3) is 4.89. The first-order valence-electron chi connectivity index (χ1n) is 10.5. The SMILES string of the molecule is Cc1ccc(-c2cc(F)c(-c3cc(F)c(C(F)(F)Oc4cc(F)c(C#N)c(F)c4)c(F)c3)c(F)c2)c(F)c1. The summed E-state index contributed by atoms with van der Waals surface area (Å²) in [6, 6.07) is 7.33. The summed E-state index contributed by atoms with van der Waals surface area (Å²) in [5, 5.41) is 8.64. The first-order chi connectivity index (χ1) is 17.8. The van der Waals surface area contributed by atoms with Crippen LogP contribution in [0.3, 0.4) is 0 Å². The lowest BCUT2D eigenvalue weighted by molar-refractivity contribution is -0.189. The van der Waals surface area contributed by atoms with Gasteiger partial charge in [0.2, 0.25) is 0 Å². The summed E-state index contributed by atoms with van der Waals surface area (Å²) >= 11 is 0. The molecule has 0 aliphatic heterocycles. The summed E-state index contributed by atoms with van der Waals surface area (Å²) in [4.78, 5) is 0. The first-order valence-corrected chi connectivity index (χ1v) is 10.5. The second-order valence-electron chi connectivity index (χ2n) is 8.11. The van der Waals surface area contributed by atoms with Gasteiger partial charge in [-0.05, 0) is 53.9 Å². The Labute approximate surface area is 209 Å². The third-order valence-corrected chi connectivity index (χ3v) is 5.47. The number of hydrogen-bond acceptors (Lipinski definition) is 2. The molecule has 0 bridgehead atoms. The van der Waals surface area contributed by atoms with Crippen LogP contribution in [-0.4, -0.2) is 0 Å². The Kier molecular flexibility index (Phi) is 6.84. The average Bonchev–Trinajstić information content (AvgIpc) is 2.77. The van der Waals surface area contributed by atoms with E-state index in [1.165, 1.54) is 12.1 Å². The molecule has 0 aliphatic carbocycles. The highest BCUT2D eigenvalue weighted by molar-refractivity contribution is 5.72. The Morgan fingerprint density at radius 2 is 1.18 bits per heavy atom. The van der Waals surface area contributed by atoms with Gasteiger partial charge in [-0.15, -0.1) is 0 Å². The lowest BCUT2D eigenvalue weighted by Gasteiger charge is -2.20. The molecule has 0 radical (unpaired) electrons. The first kappa shape index (κ1) is 26.6. The largest absolute Gasteiger partial charge is 0.432 e. The molecule has 0 saturated carbocycles. The standard InChI is InChI=1S/C27H12F9NO/c1-12-2-3-16(18(28)4-12)13-5-21(31)25(22(32)6-13)14-7-23(33)26(24(34)8-14)27(35,36)38-15-9-19(29)17(11-37)20(30)10-15/h2-10H,1H3. The van der Waals surface area contributed by atoms with Crippen LogP contribution in [0.15, 0.2) is 54.6 Å². The van der Waals surface area contributed by atoms with Crippen LogP contribution in [0.25, 0.3) is 22.3 Å². The van der Waals surface area contributed by atoms with E-state index in [1.54, 1.807) is 6.92 Å². The number of halogens is 9. The van der Waals surface area contributed by atoms with Gasteiger partial charge in [0, 0.05) is 17.7 Å². The van der Waals surface area contributed by atoms with E-state index in [2.05, 4.69) is 4.74 Å². The zero-order chi connectivity index (χ0) is 27.9. The zero-order valence-electron chi connectivity index (χ0n) is 19.0. The number of rotatable bonds is 5. The molecule has 0 aliphatic rings. The van der Waals surface area contributed by atoms with E-state index in [0.717, 1.165) is 12.1 Å². The smallest absolute Gasteiger partial charge is 0.429 e. The van der Waals surface area contributed by atoms with Gasteiger partial charge in [0.15, 0.2) is 0 Å². The van der Waals surface area contributed by atoms with Crippen molar-refractivity contribution in [3.8, 4) is 34.1 Å². The van der Waals surface area contributed by atoms with Gasteiger partial charge in [-0.1, -0.05) is 12.1 Å². The van der Waals surface area contributed by atoms with Gasteiger partial charge in [0.1, 0.15) is 63.7 Å². The van der Waals surface area contributed by atoms with Crippen molar-refractivity contribution in [2.24, 2.45) is 0 Å². The molecular formula is C27H12F9NO. The third-order valence-electron chi connectivity index (χ3n) is 5.47. The second kappa shape index (κ2) is 9.78. The molecule has 0 heterocycles. The molecule has 0 amide bonds. The van der Waals surface area contributed by atoms with Crippen LogP contribution in [0.5, 0.6) is 5.75 Å². The lowest BCUT2D eigenvalue weighted by Crippen LogP contribution is -2.25. The van der Waals surface area contributed by atoms with Crippen molar-refractivity contribution < 1.29 is 44.3 Å². The molecule has 0 unspecified atom stereocenters. The number of alkyl halides is 2. The molecule has 2 nitrogen and oxygen atoms in total. The molecule has 4 aromatic carbocycles. The van der Waals surface area contributed by atoms with Crippen LogP contribution in [0, 0.1) is 59.0 Å². The maximum Gasteiger partial charge on any atom is 0.432 e. The summed E-state index contributed by atoms with van der Waals surface area (Å²) < 4.78 is 134. The monoisotopic (exact) mass is 537 g/mol. The molecule has 0 atom stereocenters. The molecule has 11 heteroatoms. The predicted molar refractivity (Wildman–Crippen MR) is 117 cm³/mol. The number of benzene rings is 4. The number of ether oxygens (including phenoxy) is 1. The molecular weight excluding hydrogens is 525 g/mol. The maximum atomic E-state index is 14.8. The summed E-state index contributed by atoms with van der Waals surface area (Å²) in [7, 11) is 0. The quantitative estimate of drug-likeness (QED) is 0.240. The van der Waals surface area contributed by atoms with Crippen LogP contribution in [-0.2, 0) is 6.11 Å². The fraction of sp³-hybridized carbons (Fsp3) is 0.0741. The van der Waals surface area contributed by atoms with Crippen LogP contribution in [0.2, 0.25) is 0 Å². The van der Waals surface area contributed by atoms with Crippen LogP contribution in [0.1, 0.15) is 16.7 Å². The van der Waals surface area contributed by atoms with Crippen molar-refractivity contribution in [2.45, 2.75) is 13.0 Å². The van der Waals surface area contributed by atoms with E-state index < -0.39 is 74.8 Å². The topological polar surface area (TPSA) is 33.0 Å². The number of hydrogen-bond donors (Lipinski definition) is 0. The lowest BCUT2D eigenvalue weighted by atomic mass is 9.97. The van der Waals surface area contributed by atoms with Gasteiger partial charge < -0.3 is 4.74 Å². The Bertz CT molecular complexity index is 1560. The van der Waals surface area contributed by atoms with Gasteiger partial charge in [0.25, 0.3) is 0 Å². The Morgan fingerprint density at radius 1 is 0.658 bits per heavy atom. The minimum absolute atomic E-state index is 0.153. The van der Waals surface area contributed by atoms with Crippen molar-refractivity contribution in [3.05, 3.63) is 112 Å². The second-order valence-corrected chi connectivity index (χ2v) is 8.11. The van der Waals surface area contributed by atoms with Gasteiger partial charge in [0.05, 0.1) is 5.56 Å². The fourth-order valence-electron chi connectivity index (χ4n) is 3.77. The molecule has 38 heavy (non-hydrogen) atoms. The van der Waals surface area contributed by atoms with E-state index in [4.69, 9.17) is 5.26 Å². The summed E-state index contributed by atoms with van der Waals surface area (Å²) in [5.74, 6) is -11.8. The highest BCUT2D eigenvalue weighted by Gasteiger charge is 2.42. The molecule has 194 valence electrons. The van der Waals surface area contributed by atoms with Crippen molar-refractivity contribution >= 4 is 0 Å². The van der Waals surface area contributed by atoms with Crippen LogP contribution >= 0.6 is 0 Å². The molecule has 4 rings (SSSR count). The average molecular weight is 537 g/mol. The van der Waals surface area contributed by atoms with Crippen LogP contribution in [0.4, 0.5) is 39.5 Å². The minimum Gasteiger partial charge on any atom is -0.429 e. The number of aryl methyl sites for hydroxylation is 1. The van der Waals surface area contributed by atoms with Gasteiger partial charge in [-0.3, -0.25) is 0 Å². The normalized spacial score (nSPS) is 11.4. The molecule has 0 N–H and O–H groups in total. The molecule has 0 saturated heterocycles. The van der Waals surface area contributed by atoms with Gasteiger partial charge in [-0.25, -0.2) is 30.7 Å². The van der Waals surface area contributed by atoms with E-state index in [0.29, 0.717) is 17.7 Å². The zero-order valence-corrected chi connectivity index (χ0v) is 19.0. The Balaban J connectivity index is 1.73. The highest BCUT2D eigenvalue weighted by atomic mass is 19.3. The number of nitrogens with zero attached hydrogens (tertiary/aromatic N) is 1. The highest BCUT2D eigenvalue weighted by Crippen LogP contribution is 2.39. The van der Waals surface area contributed by atoms with E-state index in [-0.39, 0.29) is 35.4 Å². The molecule has 0 spiro atoms.